The van der Waals surface area contributed by atoms with Gasteiger partial charge in [-0.05, 0) is 41.6 Å². The minimum atomic E-state index is -0.0332. The van der Waals surface area contributed by atoms with Crippen molar-refractivity contribution in [2.45, 2.75) is 26.2 Å². The fourth-order valence-electron chi connectivity index (χ4n) is 2.56. The highest BCUT2D eigenvalue weighted by molar-refractivity contribution is 5.92. The number of hydrogen-bond acceptors (Lipinski definition) is 3. The summed E-state index contributed by atoms with van der Waals surface area (Å²) in [4.78, 5) is 11.1. The molecular formula is C17H21NO3. The highest BCUT2D eigenvalue weighted by atomic mass is 16.5. The van der Waals surface area contributed by atoms with Gasteiger partial charge < -0.3 is 15.2 Å². The van der Waals surface area contributed by atoms with E-state index in [4.69, 9.17) is 4.74 Å². The molecule has 0 fully saturated rings. The number of benzene rings is 2. The van der Waals surface area contributed by atoms with Gasteiger partial charge in [0.25, 0.3) is 0 Å². The van der Waals surface area contributed by atoms with Gasteiger partial charge in [0.1, 0.15) is 11.5 Å². The van der Waals surface area contributed by atoms with Gasteiger partial charge in [0, 0.05) is 24.8 Å². The predicted molar refractivity (Wildman–Crippen MR) is 83.9 cm³/mol. The Morgan fingerprint density at radius 3 is 2.67 bits per heavy atom. The van der Waals surface area contributed by atoms with Crippen LogP contribution in [0.25, 0.3) is 10.8 Å². The van der Waals surface area contributed by atoms with Gasteiger partial charge in [-0.3, -0.25) is 4.79 Å². The molecule has 2 aromatic rings. The maximum atomic E-state index is 11.1. The second-order valence-corrected chi connectivity index (χ2v) is 5.13. The fourth-order valence-corrected chi connectivity index (χ4v) is 2.56. The van der Waals surface area contributed by atoms with Crippen LogP contribution in [0.5, 0.6) is 11.5 Å². The van der Waals surface area contributed by atoms with E-state index in [9.17, 15) is 9.90 Å². The molecular weight excluding hydrogens is 266 g/mol. The number of methoxy groups -OCH3 is 1. The Balaban J connectivity index is 2.50. The van der Waals surface area contributed by atoms with Gasteiger partial charge in [-0.15, -0.1) is 0 Å². The molecule has 112 valence electrons. The average Bonchev–Trinajstić information content (AvgIpc) is 2.49. The molecule has 0 saturated heterocycles. The number of amides is 1. The highest BCUT2D eigenvalue weighted by Gasteiger charge is 2.15. The van der Waals surface area contributed by atoms with Gasteiger partial charge in [0.2, 0.25) is 5.91 Å². The van der Waals surface area contributed by atoms with Crippen molar-refractivity contribution >= 4 is 16.7 Å². The van der Waals surface area contributed by atoms with Crippen molar-refractivity contribution in [3.8, 4) is 11.5 Å². The van der Waals surface area contributed by atoms with E-state index in [1.165, 1.54) is 6.92 Å². The monoisotopic (exact) mass is 287 g/mol. The van der Waals surface area contributed by atoms with E-state index in [1.54, 1.807) is 13.2 Å². The lowest BCUT2D eigenvalue weighted by Gasteiger charge is -2.19. The molecule has 2 aromatic carbocycles. The number of hydrogen-bond donors (Lipinski definition) is 2. The largest absolute Gasteiger partial charge is 0.507 e. The van der Waals surface area contributed by atoms with Crippen LogP contribution in [0.2, 0.25) is 0 Å². The molecule has 0 spiro atoms. The summed E-state index contributed by atoms with van der Waals surface area (Å²) in [6.07, 6.45) is 0.900. The summed E-state index contributed by atoms with van der Waals surface area (Å²) >= 11 is 0. The Kier molecular flexibility index (Phi) is 4.68. The molecule has 1 amide bonds. The summed E-state index contributed by atoms with van der Waals surface area (Å²) < 4.78 is 5.28. The van der Waals surface area contributed by atoms with Crippen molar-refractivity contribution in [1.82, 2.24) is 5.32 Å². The number of aromatic hydroxyl groups is 1. The van der Waals surface area contributed by atoms with Crippen LogP contribution in [-0.2, 0) is 4.79 Å². The lowest BCUT2D eigenvalue weighted by Crippen LogP contribution is -2.25. The molecule has 0 heterocycles. The number of carbonyl (C=O) groups excluding carboxylic acids is 1. The van der Waals surface area contributed by atoms with Gasteiger partial charge in [0.15, 0.2) is 0 Å². The summed E-state index contributed by atoms with van der Waals surface area (Å²) in [6, 6.07) is 9.26. The molecule has 2 rings (SSSR count). The first-order valence-electron chi connectivity index (χ1n) is 7.10. The van der Waals surface area contributed by atoms with Crippen LogP contribution in [0.3, 0.4) is 0 Å². The molecule has 0 aliphatic heterocycles. The van der Waals surface area contributed by atoms with Crippen molar-refractivity contribution in [1.29, 1.82) is 0 Å². The summed E-state index contributed by atoms with van der Waals surface area (Å²) in [5.74, 6) is 1.17. The SMILES string of the molecule is CCC(CNC(C)=O)c1ccc(O)c2ccc(OC)cc12. The average molecular weight is 287 g/mol. The molecule has 1 unspecified atom stereocenters. The third-order valence-corrected chi connectivity index (χ3v) is 3.76. The van der Waals surface area contributed by atoms with Gasteiger partial charge in [-0.25, -0.2) is 0 Å². The minimum absolute atomic E-state index is 0.0332. The molecule has 1 atom stereocenters. The molecule has 4 heteroatoms. The molecule has 0 aliphatic rings. The van der Waals surface area contributed by atoms with Crippen molar-refractivity contribution < 1.29 is 14.6 Å². The van der Waals surface area contributed by atoms with Crippen LogP contribution in [-0.4, -0.2) is 24.7 Å². The smallest absolute Gasteiger partial charge is 0.216 e. The molecule has 21 heavy (non-hydrogen) atoms. The van der Waals surface area contributed by atoms with Crippen molar-refractivity contribution in [2.24, 2.45) is 0 Å². The summed E-state index contributed by atoms with van der Waals surface area (Å²) in [5, 5.41) is 14.7. The van der Waals surface area contributed by atoms with E-state index >= 15 is 0 Å². The number of rotatable bonds is 5. The van der Waals surface area contributed by atoms with Crippen LogP contribution >= 0.6 is 0 Å². The first kappa shape index (κ1) is 15.2. The number of ether oxygens (including phenoxy) is 1. The Morgan fingerprint density at radius 2 is 2.05 bits per heavy atom. The summed E-state index contributed by atoms with van der Waals surface area (Å²) in [6.45, 7) is 4.19. The third-order valence-electron chi connectivity index (χ3n) is 3.76. The number of carbonyl (C=O) groups is 1. The van der Waals surface area contributed by atoms with Crippen molar-refractivity contribution in [3.05, 3.63) is 35.9 Å². The zero-order valence-electron chi connectivity index (χ0n) is 12.6. The first-order chi connectivity index (χ1) is 10.1. The van der Waals surface area contributed by atoms with E-state index < -0.39 is 0 Å². The quantitative estimate of drug-likeness (QED) is 0.888. The second kappa shape index (κ2) is 6.48. The fraction of sp³-hybridized carbons (Fsp3) is 0.353. The van der Waals surface area contributed by atoms with E-state index in [1.807, 2.05) is 24.3 Å². The molecule has 0 radical (unpaired) electrons. The maximum Gasteiger partial charge on any atom is 0.216 e. The van der Waals surface area contributed by atoms with Crippen LogP contribution in [0.4, 0.5) is 0 Å². The molecule has 0 bridgehead atoms. The van der Waals surface area contributed by atoms with Gasteiger partial charge in [-0.1, -0.05) is 13.0 Å². The van der Waals surface area contributed by atoms with Gasteiger partial charge in [0.05, 0.1) is 7.11 Å². The predicted octanol–water partition coefficient (Wildman–Crippen LogP) is 3.18. The summed E-state index contributed by atoms with van der Waals surface area (Å²) in [7, 11) is 1.62. The van der Waals surface area contributed by atoms with Gasteiger partial charge in [-0.2, -0.15) is 0 Å². The van der Waals surface area contributed by atoms with Crippen LogP contribution in [0.15, 0.2) is 30.3 Å². The van der Waals surface area contributed by atoms with Crippen LogP contribution in [0.1, 0.15) is 31.7 Å². The van der Waals surface area contributed by atoms with Crippen LogP contribution < -0.4 is 10.1 Å². The Hall–Kier alpha value is -2.23. The Morgan fingerprint density at radius 1 is 1.29 bits per heavy atom. The molecule has 4 nitrogen and oxygen atoms in total. The van der Waals surface area contributed by atoms with Crippen molar-refractivity contribution in [3.63, 3.8) is 0 Å². The minimum Gasteiger partial charge on any atom is -0.507 e. The second-order valence-electron chi connectivity index (χ2n) is 5.13. The zero-order chi connectivity index (χ0) is 15.4. The highest BCUT2D eigenvalue weighted by Crippen LogP contribution is 2.35. The van der Waals surface area contributed by atoms with E-state index in [-0.39, 0.29) is 17.6 Å². The van der Waals surface area contributed by atoms with E-state index in [0.717, 1.165) is 28.5 Å². The van der Waals surface area contributed by atoms with Crippen molar-refractivity contribution in [2.75, 3.05) is 13.7 Å². The van der Waals surface area contributed by atoms with Gasteiger partial charge >= 0.3 is 0 Å². The number of phenols is 1. The van der Waals surface area contributed by atoms with E-state index in [0.29, 0.717) is 6.54 Å². The standard InChI is InChI=1S/C17H21NO3/c1-4-12(10-18-11(2)19)14-7-8-17(20)15-6-5-13(21-3)9-16(14)15/h5-9,12,20H,4,10H2,1-3H3,(H,18,19). The number of phenolic OH excluding ortho intramolecular Hbond substituents is 1. The topological polar surface area (TPSA) is 58.6 Å². The Labute approximate surface area is 124 Å². The lowest BCUT2D eigenvalue weighted by molar-refractivity contribution is -0.119. The Bertz CT molecular complexity index is 652. The number of nitrogens with one attached hydrogen (secondary N) is 1. The lowest BCUT2D eigenvalue weighted by atomic mass is 9.91. The summed E-state index contributed by atoms with van der Waals surface area (Å²) in [5.41, 5.74) is 1.11. The van der Waals surface area contributed by atoms with E-state index in [2.05, 4.69) is 12.2 Å². The first-order valence-corrected chi connectivity index (χ1v) is 7.10. The number of fused-ring (bicyclic) bond motifs is 1. The molecule has 0 aromatic heterocycles. The molecule has 0 aliphatic carbocycles. The third kappa shape index (κ3) is 3.27. The normalized spacial score (nSPS) is 12.1. The molecule has 0 saturated carbocycles. The molecule has 2 N–H and O–H groups in total. The zero-order valence-corrected chi connectivity index (χ0v) is 12.6. The van der Waals surface area contributed by atoms with Crippen LogP contribution in [0, 0.1) is 0 Å². The maximum absolute atomic E-state index is 11.1.